The molecule has 26 heavy (non-hydrogen) atoms. The average molecular weight is 388 g/mol. The molecule has 0 unspecified atom stereocenters. The van der Waals surface area contributed by atoms with Crippen LogP contribution in [0.4, 0.5) is 0 Å². The maximum Gasteiger partial charge on any atom is 0.335 e. The second kappa shape index (κ2) is 12.3. The van der Waals surface area contributed by atoms with Crippen molar-refractivity contribution in [1.82, 2.24) is 0 Å². The molecule has 0 spiro atoms. The maximum absolute atomic E-state index is 10.1. The predicted octanol–water partition coefficient (Wildman–Crippen LogP) is -6.57. The Morgan fingerprint density at radius 1 is 0.538 bits per heavy atom. The lowest BCUT2D eigenvalue weighted by molar-refractivity contribution is -0.164. The Balaban J connectivity index is 0. The minimum Gasteiger partial charge on any atom is -0.479 e. The molecule has 0 saturated heterocycles. The summed E-state index contributed by atoms with van der Waals surface area (Å²) in [6.45, 7) is 0. The molecular formula is C12H20O14. The summed E-state index contributed by atoms with van der Waals surface area (Å²) in [7, 11) is 0. The van der Waals surface area contributed by atoms with Crippen molar-refractivity contribution in [2.24, 2.45) is 0 Å². The summed E-state index contributed by atoms with van der Waals surface area (Å²) in [4.78, 5) is 39.9. The fraction of sp³-hybridized carbons (Fsp3) is 0.667. The first-order chi connectivity index (χ1) is 11.8. The lowest BCUT2D eigenvalue weighted by Gasteiger charge is -2.21. The van der Waals surface area contributed by atoms with Crippen LogP contribution in [0.2, 0.25) is 0 Å². The summed E-state index contributed by atoms with van der Waals surface area (Å²) < 4.78 is 0. The van der Waals surface area contributed by atoms with Crippen LogP contribution < -0.4 is 0 Å². The molecule has 0 aliphatic heterocycles. The largest absolute Gasteiger partial charge is 0.479 e. The molecule has 0 amide bonds. The fourth-order valence-corrected chi connectivity index (χ4v) is 1.23. The van der Waals surface area contributed by atoms with Gasteiger partial charge >= 0.3 is 11.9 Å². The molecule has 0 radical (unpaired) electrons. The third-order valence-corrected chi connectivity index (χ3v) is 2.83. The summed E-state index contributed by atoms with van der Waals surface area (Å²) in [5.74, 6) is -3.52. The lowest BCUT2D eigenvalue weighted by atomic mass is 10.0. The highest BCUT2D eigenvalue weighted by atomic mass is 16.4. The Kier molecular flexibility index (Phi) is 12.4. The molecule has 0 aliphatic rings. The minimum absolute atomic E-state index is 0.0809. The third-order valence-electron chi connectivity index (χ3n) is 2.83. The second-order valence-corrected chi connectivity index (χ2v) is 4.78. The highest BCUT2D eigenvalue weighted by Gasteiger charge is 2.34. The topological polar surface area (TPSA) is 271 Å². The second-order valence-electron chi connectivity index (χ2n) is 4.78. The zero-order chi connectivity index (χ0) is 21.2. The first-order valence-corrected chi connectivity index (χ1v) is 6.64. The molecule has 10 N–H and O–H groups in total. The van der Waals surface area contributed by atoms with E-state index in [2.05, 4.69) is 0 Å². The molecule has 14 heteroatoms. The molecule has 0 heterocycles. The van der Waals surface area contributed by atoms with Gasteiger partial charge in [-0.15, -0.1) is 0 Å². The molecule has 0 bridgehead atoms. The molecule has 0 aliphatic carbocycles. The first kappa shape index (κ1) is 26.2. The lowest BCUT2D eigenvalue weighted by Crippen LogP contribution is -2.48. The number of aliphatic carboxylic acids is 2. The Hall–Kier alpha value is -2.04. The van der Waals surface area contributed by atoms with Crippen LogP contribution in [0.25, 0.3) is 0 Å². The van der Waals surface area contributed by atoms with Crippen molar-refractivity contribution in [3.05, 3.63) is 0 Å². The number of rotatable bonds is 10. The van der Waals surface area contributed by atoms with E-state index in [0.717, 1.165) is 0 Å². The molecule has 0 aromatic rings. The van der Waals surface area contributed by atoms with E-state index in [1.54, 1.807) is 0 Å². The molecule has 0 aromatic heterocycles. The van der Waals surface area contributed by atoms with Crippen LogP contribution in [0.5, 0.6) is 0 Å². The van der Waals surface area contributed by atoms with E-state index in [-0.39, 0.29) is 12.6 Å². The van der Waals surface area contributed by atoms with Gasteiger partial charge in [0, 0.05) is 0 Å². The van der Waals surface area contributed by atoms with Gasteiger partial charge in [0.05, 0.1) is 0 Å². The summed E-state index contributed by atoms with van der Waals surface area (Å²) in [5, 5.41) is 86.4. The van der Waals surface area contributed by atoms with Crippen LogP contribution in [0.1, 0.15) is 0 Å². The molecule has 0 rings (SSSR count). The van der Waals surface area contributed by atoms with Crippen molar-refractivity contribution in [2.75, 3.05) is 0 Å². The molecule has 0 saturated carbocycles. The van der Waals surface area contributed by atoms with E-state index < -0.39 is 60.8 Å². The Morgan fingerprint density at radius 2 is 0.769 bits per heavy atom. The van der Waals surface area contributed by atoms with Gasteiger partial charge in [-0.05, 0) is 0 Å². The number of aldehydes is 2. The van der Waals surface area contributed by atoms with Gasteiger partial charge in [0.25, 0.3) is 0 Å². The van der Waals surface area contributed by atoms with Gasteiger partial charge in [0.2, 0.25) is 0 Å². The number of aliphatic hydroxyl groups is 8. The van der Waals surface area contributed by atoms with E-state index in [4.69, 9.17) is 51.1 Å². The summed E-state index contributed by atoms with van der Waals surface area (Å²) in [6.07, 6.45) is -16.8. The Bertz CT molecular complexity index is 425. The smallest absolute Gasteiger partial charge is 0.335 e. The first-order valence-electron chi connectivity index (χ1n) is 6.64. The zero-order valence-corrected chi connectivity index (χ0v) is 12.9. The van der Waals surface area contributed by atoms with Crippen LogP contribution in [-0.4, -0.2) is 124 Å². The number of carbonyl (C=O) groups excluding carboxylic acids is 2. The summed E-state index contributed by atoms with van der Waals surface area (Å²) >= 11 is 0. The van der Waals surface area contributed by atoms with Crippen LogP contribution in [0, 0.1) is 0 Å². The van der Waals surface area contributed by atoms with E-state index in [9.17, 15) is 19.2 Å². The summed E-state index contributed by atoms with van der Waals surface area (Å²) in [6, 6.07) is 0. The van der Waals surface area contributed by atoms with Crippen LogP contribution in [0.15, 0.2) is 0 Å². The number of hydrogen-bond donors (Lipinski definition) is 10. The van der Waals surface area contributed by atoms with Crippen molar-refractivity contribution in [3.63, 3.8) is 0 Å². The molecule has 0 aromatic carbocycles. The Morgan fingerprint density at radius 3 is 0.923 bits per heavy atom. The number of carbonyl (C=O) groups is 4. The van der Waals surface area contributed by atoms with Crippen LogP contribution in [0.3, 0.4) is 0 Å². The molecule has 8 atom stereocenters. The number of hydrogen-bond acceptors (Lipinski definition) is 12. The SMILES string of the molecule is O=C[C@@H](O)[C@@H](O)[C@H](O)[C@@H](O)C(=O)O.O=C[C@@H](O)[C@@H](O)[C@H](O)[C@@H](O)C(=O)O. The normalized spacial score (nSPS) is 20.0. The standard InChI is InChI=1S/2C6H10O7/c2*7-1-2(8)3(9)4(10)5(11)6(12)13/h2*1-5,8-11H,(H,12,13)/t2*2-,3-,4+,5-/m11/s1. The predicted molar refractivity (Wildman–Crippen MR) is 75.5 cm³/mol. The Labute approximate surface area is 144 Å². The molecule has 0 fully saturated rings. The van der Waals surface area contributed by atoms with E-state index >= 15 is 0 Å². The van der Waals surface area contributed by atoms with Crippen LogP contribution >= 0.6 is 0 Å². The van der Waals surface area contributed by atoms with Gasteiger partial charge in [-0.3, -0.25) is 0 Å². The monoisotopic (exact) mass is 388 g/mol. The van der Waals surface area contributed by atoms with Crippen molar-refractivity contribution >= 4 is 24.5 Å². The quantitative estimate of drug-likeness (QED) is 0.156. The van der Waals surface area contributed by atoms with Gasteiger partial charge in [-0.25, -0.2) is 9.59 Å². The maximum atomic E-state index is 10.1. The molecular weight excluding hydrogens is 368 g/mol. The summed E-state index contributed by atoms with van der Waals surface area (Å²) in [5.41, 5.74) is 0. The van der Waals surface area contributed by atoms with Crippen molar-refractivity contribution in [1.29, 1.82) is 0 Å². The number of aliphatic hydroxyl groups excluding tert-OH is 8. The zero-order valence-electron chi connectivity index (χ0n) is 12.9. The minimum atomic E-state index is -2.25. The van der Waals surface area contributed by atoms with Gasteiger partial charge < -0.3 is 60.7 Å². The highest BCUT2D eigenvalue weighted by molar-refractivity contribution is 5.73. The third kappa shape index (κ3) is 8.37. The van der Waals surface area contributed by atoms with Gasteiger partial charge in [-0.2, -0.15) is 0 Å². The van der Waals surface area contributed by atoms with Gasteiger partial charge in [0.1, 0.15) is 36.6 Å². The van der Waals surface area contributed by atoms with E-state index in [0.29, 0.717) is 0 Å². The number of carboxylic acid groups (broad SMARTS) is 2. The molecule has 14 nitrogen and oxygen atoms in total. The van der Waals surface area contributed by atoms with Gasteiger partial charge in [-0.1, -0.05) is 0 Å². The van der Waals surface area contributed by atoms with E-state index in [1.807, 2.05) is 0 Å². The van der Waals surface area contributed by atoms with Crippen molar-refractivity contribution < 1.29 is 70.2 Å². The number of carboxylic acids is 2. The fourth-order valence-electron chi connectivity index (χ4n) is 1.23. The molecule has 152 valence electrons. The van der Waals surface area contributed by atoms with E-state index in [1.165, 1.54) is 0 Å². The van der Waals surface area contributed by atoms with Gasteiger partial charge in [0.15, 0.2) is 24.8 Å². The van der Waals surface area contributed by atoms with Crippen molar-refractivity contribution in [2.45, 2.75) is 48.8 Å². The van der Waals surface area contributed by atoms with Crippen LogP contribution in [-0.2, 0) is 19.2 Å². The highest BCUT2D eigenvalue weighted by Crippen LogP contribution is 2.04. The average Bonchev–Trinajstić information content (AvgIpc) is 2.62. The van der Waals surface area contributed by atoms with Crippen molar-refractivity contribution in [3.8, 4) is 0 Å².